The highest BCUT2D eigenvalue weighted by molar-refractivity contribution is 5.61. The highest BCUT2D eigenvalue weighted by atomic mass is 19.1. The lowest BCUT2D eigenvalue weighted by Crippen LogP contribution is -1.83. The minimum atomic E-state index is -0.751. The Hall–Kier alpha value is -2.89. The number of aromatic hydroxyl groups is 2. The number of rotatable bonds is 2. The van der Waals surface area contributed by atoms with Crippen molar-refractivity contribution in [3.63, 3.8) is 0 Å². The summed E-state index contributed by atoms with van der Waals surface area (Å²) in [4.78, 5) is 4.14. The maximum Gasteiger partial charge on any atom is 0.258 e. The van der Waals surface area contributed by atoms with E-state index in [1.807, 2.05) is 0 Å². The largest absolute Gasteiger partial charge is 0.508 e. The Morgan fingerprint density at radius 3 is 2.35 bits per heavy atom. The van der Waals surface area contributed by atoms with E-state index in [1.54, 1.807) is 12.1 Å². The smallest absolute Gasteiger partial charge is 0.258 e. The second kappa shape index (κ2) is 4.65. The van der Waals surface area contributed by atoms with Crippen LogP contribution < -0.4 is 0 Å². The fourth-order valence-corrected chi connectivity index (χ4v) is 1.71. The number of phenolic OH excluding ortho intramolecular Hbond substituents is 2. The van der Waals surface area contributed by atoms with Crippen molar-refractivity contribution in [1.29, 1.82) is 0 Å². The van der Waals surface area contributed by atoms with Crippen LogP contribution >= 0.6 is 0 Å². The Labute approximate surface area is 112 Å². The molecule has 20 heavy (non-hydrogen) atoms. The van der Waals surface area contributed by atoms with Gasteiger partial charge in [0.15, 0.2) is 11.6 Å². The van der Waals surface area contributed by atoms with Gasteiger partial charge in [-0.1, -0.05) is 5.16 Å². The van der Waals surface area contributed by atoms with Crippen molar-refractivity contribution in [3.05, 3.63) is 48.3 Å². The molecule has 1 aromatic heterocycles. The number of nitrogens with zero attached hydrogens (tertiary/aromatic N) is 2. The molecule has 0 aliphatic heterocycles. The molecule has 0 radical (unpaired) electrons. The van der Waals surface area contributed by atoms with Crippen LogP contribution in [0.4, 0.5) is 4.39 Å². The Kier molecular flexibility index (Phi) is 2.83. The molecule has 3 aromatic rings. The number of halogens is 1. The van der Waals surface area contributed by atoms with Crippen molar-refractivity contribution in [2.75, 3.05) is 0 Å². The highest BCUT2D eigenvalue weighted by Gasteiger charge is 2.12. The minimum Gasteiger partial charge on any atom is -0.508 e. The monoisotopic (exact) mass is 272 g/mol. The van der Waals surface area contributed by atoms with Crippen molar-refractivity contribution >= 4 is 0 Å². The van der Waals surface area contributed by atoms with Crippen LogP contribution in [0.15, 0.2) is 47.0 Å². The summed E-state index contributed by atoms with van der Waals surface area (Å²) in [6.45, 7) is 0. The van der Waals surface area contributed by atoms with E-state index in [0.717, 1.165) is 6.07 Å². The molecule has 0 saturated heterocycles. The molecule has 0 aliphatic rings. The normalized spacial score (nSPS) is 10.7. The van der Waals surface area contributed by atoms with Crippen molar-refractivity contribution in [2.24, 2.45) is 0 Å². The summed E-state index contributed by atoms with van der Waals surface area (Å²) in [5, 5.41) is 22.1. The van der Waals surface area contributed by atoms with Gasteiger partial charge in [0.2, 0.25) is 5.82 Å². The van der Waals surface area contributed by atoms with E-state index in [4.69, 9.17) is 9.63 Å². The van der Waals surface area contributed by atoms with Crippen LogP contribution in [0, 0.1) is 5.82 Å². The first kappa shape index (κ1) is 12.2. The van der Waals surface area contributed by atoms with E-state index in [0.29, 0.717) is 11.1 Å². The molecule has 0 aliphatic carbocycles. The summed E-state index contributed by atoms with van der Waals surface area (Å²) < 4.78 is 18.4. The molecule has 5 nitrogen and oxygen atoms in total. The molecular formula is C14H9FN2O3. The van der Waals surface area contributed by atoms with Crippen LogP contribution in [0.5, 0.6) is 11.5 Å². The molecule has 0 amide bonds. The molecule has 0 bridgehead atoms. The lowest BCUT2D eigenvalue weighted by molar-refractivity contribution is 0.429. The zero-order chi connectivity index (χ0) is 14.1. The third-order valence-corrected chi connectivity index (χ3v) is 2.75. The average Bonchev–Trinajstić information content (AvgIpc) is 2.92. The molecule has 0 atom stereocenters. The number of aromatic nitrogens is 2. The molecule has 0 unspecified atom stereocenters. The second-order valence-electron chi connectivity index (χ2n) is 4.14. The van der Waals surface area contributed by atoms with Gasteiger partial charge in [0.1, 0.15) is 5.75 Å². The second-order valence-corrected chi connectivity index (χ2v) is 4.14. The standard InChI is InChI=1S/C14H9FN2O3/c15-11-7-9(3-6-12(11)19)13-16-14(20-17-13)8-1-4-10(18)5-2-8/h1-7,18-19H. The molecule has 100 valence electrons. The molecular weight excluding hydrogens is 263 g/mol. The number of phenols is 2. The predicted octanol–water partition coefficient (Wildman–Crippen LogP) is 2.95. The summed E-state index contributed by atoms with van der Waals surface area (Å²) in [6.07, 6.45) is 0. The fraction of sp³-hybridized carbons (Fsp3) is 0. The molecule has 6 heteroatoms. The van der Waals surface area contributed by atoms with Crippen molar-refractivity contribution in [2.45, 2.75) is 0 Å². The van der Waals surface area contributed by atoms with Gasteiger partial charge in [-0.15, -0.1) is 0 Å². The van der Waals surface area contributed by atoms with E-state index in [9.17, 15) is 9.50 Å². The zero-order valence-corrected chi connectivity index (χ0v) is 10.1. The lowest BCUT2D eigenvalue weighted by atomic mass is 10.2. The Balaban J connectivity index is 1.97. The molecule has 3 rings (SSSR count). The zero-order valence-electron chi connectivity index (χ0n) is 10.1. The Morgan fingerprint density at radius 1 is 0.950 bits per heavy atom. The third-order valence-electron chi connectivity index (χ3n) is 2.75. The maximum absolute atomic E-state index is 13.3. The van der Waals surface area contributed by atoms with Gasteiger partial charge < -0.3 is 14.7 Å². The van der Waals surface area contributed by atoms with Crippen molar-refractivity contribution in [3.8, 4) is 34.3 Å². The molecule has 0 spiro atoms. The van der Waals surface area contributed by atoms with Crippen LogP contribution in [0.1, 0.15) is 0 Å². The molecule has 0 fully saturated rings. The lowest BCUT2D eigenvalue weighted by Gasteiger charge is -1.97. The fourth-order valence-electron chi connectivity index (χ4n) is 1.71. The van der Waals surface area contributed by atoms with E-state index >= 15 is 0 Å². The topological polar surface area (TPSA) is 79.4 Å². The highest BCUT2D eigenvalue weighted by Crippen LogP contribution is 2.26. The van der Waals surface area contributed by atoms with Gasteiger partial charge in [-0.25, -0.2) is 4.39 Å². The molecule has 1 heterocycles. The predicted molar refractivity (Wildman–Crippen MR) is 68.5 cm³/mol. The summed E-state index contributed by atoms with van der Waals surface area (Å²) >= 11 is 0. The van der Waals surface area contributed by atoms with E-state index in [-0.39, 0.29) is 17.5 Å². The minimum absolute atomic E-state index is 0.133. The first-order valence-corrected chi connectivity index (χ1v) is 5.75. The average molecular weight is 272 g/mol. The van der Waals surface area contributed by atoms with Gasteiger partial charge in [0, 0.05) is 11.1 Å². The van der Waals surface area contributed by atoms with Crippen LogP contribution in [-0.2, 0) is 0 Å². The van der Waals surface area contributed by atoms with Gasteiger partial charge in [-0.3, -0.25) is 0 Å². The first-order valence-electron chi connectivity index (χ1n) is 5.75. The van der Waals surface area contributed by atoms with Gasteiger partial charge in [-0.2, -0.15) is 4.98 Å². The van der Waals surface area contributed by atoms with Crippen LogP contribution in [-0.4, -0.2) is 20.4 Å². The van der Waals surface area contributed by atoms with Crippen LogP contribution in [0.2, 0.25) is 0 Å². The molecule has 0 saturated carbocycles. The summed E-state index contributed by atoms with van der Waals surface area (Å²) in [5.74, 6) is -0.580. The van der Waals surface area contributed by atoms with Gasteiger partial charge in [0.05, 0.1) is 0 Å². The first-order chi connectivity index (χ1) is 9.63. The van der Waals surface area contributed by atoms with E-state index in [2.05, 4.69) is 10.1 Å². The quantitative estimate of drug-likeness (QED) is 0.749. The Bertz CT molecular complexity index is 753. The summed E-state index contributed by atoms with van der Waals surface area (Å²) in [6, 6.07) is 10.1. The summed E-state index contributed by atoms with van der Waals surface area (Å²) in [5.41, 5.74) is 1.04. The number of hydrogen-bond acceptors (Lipinski definition) is 5. The SMILES string of the molecule is Oc1ccc(-c2nc(-c3ccc(O)c(F)c3)no2)cc1. The van der Waals surface area contributed by atoms with Gasteiger partial charge >= 0.3 is 0 Å². The van der Waals surface area contributed by atoms with Crippen molar-refractivity contribution in [1.82, 2.24) is 10.1 Å². The van der Waals surface area contributed by atoms with Crippen molar-refractivity contribution < 1.29 is 19.1 Å². The number of hydrogen-bond donors (Lipinski definition) is 2. The van der Waals surface area contributed by atoms with Gasteiger partial charge in [0.25, 0.3) is 5.89 Å². The summed E-state index contributed by atoms with van der Waals surface area (Å²) in [7, 11) is 0. The molecule has 2 aromatic carbocycles. The van der Waals surface area contributed by atoms with Gasteiger partial charge in [-0.05, 0) is 42.5 Å². The van der Waals surface area contributed by atoms with E-state index < -0.39 is 11.6 Å². The maximum atomic E-state index is 13.3. The van der Waals surface area contributed by atoms with Crippen LogP contribution in [0.25, 0.3) is 22.8 Å². The van der Waals surface area contributed by atoms with Crippen LogP contribution in [0.3, 0.4) is 0 Å². The molecule has 2 N–H and O–H groups in total. The van der Waals surface area contributed by atoms with E-state index in [1.165, 1.54) is 24.3 Å². The number of benzene rings is 2. The third kappa shape index (κ3) is 2.18. The Morgan fingerprint density at radius 2 is 1.65 bits per heavy atom.